The molecule has 84 valence electrons. The second kappa shape index (κ2) is 6.23. The van der Waals surface area contributed by atoms with Crippen LogP contribution in [0.15, 0.2) is 12.1 Å². The predicted octanol–water partition coefficient (Wildman–Crippen LogP) is 1.74. The zero-order valence-electron chi connectivity index (χ0n) is 8.92. The number of carbonyl (C=O) groups excluding carboxylic acids is 1. The number of thiophene rings is 1. The van der Waals surface area contributed by atoms with Gasteiger partial charge in [0.1, 0.15) is 0 Å². The van der Waals surface area contributed by atoms with Gasteiger partial charge in [-0.1, -0.05) is 11.6 Å². The minimum Gasteiger partial charge on any atom is -0.308 e. The van der Waals surface area contributed by atoms with Crippen molar-refractivity contribution in [1.82, 2.24) is 10.2 Å². The van der Waals surface area contributed by atoms with Gasteiger partial charge < -0.3 is 10.2 Å². The number of nitrogens with zero attached hydrogens (tertiary/aromatic N) is 1. The van der Waals surface area contributed by atoms with Gasteiger partial charge >= 0.3 is 0 Å². The van der Waals surface area contributed by atoms with E-state index < -0.39 is 0 Å². The van der Waals surface area contributed by atoms with Crippen LogP contribution in [0.3, 0.4) is 0 Å². The standard InChI is InChI=1S/C10H15ClN2OS/c1-13(2)6-5-12-7-8(14)9-3-4-10(11)15-9/h3-4,12H,5-7H2,1-2H3. The van der Waals surface area contributed by atoms with Crippen LogP contribution in [0.25, 0.3) is 0 Å². The van der Waals surface area contributed by atoms with Crippen LogP contribution in [-0.4, -0.2) is 44.4 Å². The number of hydrogen-bond acceptors (Lipinski definition) is 4. The first-order valence-corrected chi connectivity index (χ1v) is 5.93. The molecule has 5 heteroatoms. The summed E-state index contributed by atoms with van der Waals surface area (Å²) in [6, 6.07) is 3.52. The van der Waals surface area contributed by atoms with Crippen molar-refractivity contribution in [1.29, 1.82) is 0 Å². The third kappa shape index (κ3) is 4.75. The van der Waals surface area contributed by atoms with E-state index in [1.807, 2.05) is 14.1 Å². The third-order valence-corrected chi connectivity index (χ3v) is 3.14. The summed E-state index contributed by atoms with van der Waals surface area (Å²) in [5.41, 5.74) is 0. The number of hydrogen-bond donors (Lipinski definition) is 1. The van der Waals surface area contributed by atoms with Gasteiger partial charge in [0, 0.05) is 13.1 Å². The molecule has 0 fully saturated rings. The Kier molecular flexibility index (Phi) is 5.25. The highest BCUT2D eigenvalue weighted by Crippen LogP contribution is 2.21. The molecule has 1 N–H and O–H groups in total. The van der Waals surface area contributed by atoms with E-state index in [1.54, 1.807) is 12.1 Å². The molecular formula is C10H15ClN2OS. The molecule has 0 saturated heterocycles. The van der Waals surface area contributed by atoms with Crippen molar-refractivity contribution < 1.29 is 4.79 Å². The topological polar surface area (TPSA) is 32.3 Å². The second-order valence-corrected chi connectivity index (χ2v) is 5.22. The normalized spacial score (nSPS) is 10.9. The molecule has 0 saturated carbocycles. The Labute approximate surface area is 99.0 Å². The molecule has 0 aromatic carbocycles. The Morgan fingerprint density at radius 2 is 2.27 bits per heavy atom. The number of ketones is 1. The van der Waals surface area contributed by atoms with Crippen LogP contribution in [0.2, 0.25) is 4.34 Å². The minimum absolute atomic E-state index is 0.102. The van der Waals surface area contributed by atoms with Gasteiger partial charge in [-0.25, -0.2) is 0 Å². The first-order valence-electron chi connectivity index (χ1n) is 4.73. The average molecular weight is 247 g/mol. The lowest BCUT2D eigenvalue weighted by Gasteiger charge is -2.09. The van der Waals surface area contributed by atoms with E-state index in [1.165, 1.54) is 11.3 Å². The van der Waals surface area contributed by atoms with Crippen molar-refractivity contribution >= 4 is 28.7 Å². The van der Waals surface area contributed by atoms with Gasteiger partial charge in [0.05, 0.1) is 15.8 Å². The number of rotatable bonds is 6. The Morgan fingerprint density at radius 1 is 1.53 bits per heavy atom. The monoisotopic (exact) mass is 246 g/mol. The van der Waals surface area contributed by atoms with Gasteiger partial charge in [-0.2, -0.15) is 0 Å². The van der Waals surface area contributed by atoms with Crippen molar-refractivity contribution in [3.8, 4) is 0 Å². The molecule has 0 aliphatic rings. The van der Waals surface area contributed by atoms with Crippen LogP contribution >= 0.6 is 22.9 Å². The molecule has 1 heterocycles. The summed E-state index contributed by atoms with van der Waals surface area (Å²) in [6.07, 6.45) is 0. The fraction of sp³-hybridized carbons (Fsp3) is 0.500. The molecule has 0 radical (unpaired) electrons. The molecule has 1 aromatic rings. The van der Waals surface area contributed by atoms with Gasteiger partial charge in [0.2, 0.25) is 0 Å². The average Bonchev–Trinajstić information content (AvgIpc) is 2.59. The van der Waals surface area contributed by atoms with E-state index >= 15 is 0 Å². The molecule has 1 aromatic heterocycles. The molecule has 0 spiro atoms. The molecule has 0 atom stereocenters. The van der Waals surface area contributed by atoms with Crippen LogP contribution < -0.4 is 5.32 Å². The molecule has 0 bridgehead atoms. The zero-order chi connectivity index (χ0) is 11.3. The summed E-state index contributed by atoms with van der Waals surface area (Å²) in [6.45, 7) is 2.13. The fourth-order valence-electron chi connectivity index (χ4n) is 1.06. The molecule has 0 aliphatic carbocycles. The predicted molar refractivity (Wildman–Crippen MR) is 65.1 cm³/mol. The van der Waals surface area contributed by atoms with Gasteiger partial charge in [-0.15, -0.1) is 11.3 Å². The van der Waals surface area contributed by atoms with Crippen molar-refractivity contribution in [2.45, 2.75) is 0 Å². The van der Waals surface area contributed by atoms with Crippen molar-refractivity contribution in [2.24, 2.45) is 0 Å². The maximum absolute atomic E-state index is 11.6. The highest BCUT2D eigenvalue weighted by atomic mass is 35.5. The highest BCUT2D eigenvalue weighted by molar-refractivity contribution is 7.18. The Bertz CT molecular complexity index is 325. The smallest absolute Gasteiger partial charge is 0.186 e. The maximum Gasteiger partial charge on any atom is 0.186 e. The van der Waals surface area contributed by atoms with E-state index in [0.717, 1.165) is 18.0 Å². The lowest BCUT2D eigenvalue weighted by Crippen LogP contribution is -2.30. The van der Waals surface area contributed by atoms with Gasteiger partial charge in [-0.05, 0) is 26.2 Å². The summed E-state index contributed by atoms with van der Waals surface area (Å²) in [4.78, 5) is 14.4. The lowest BCUT2D eigenvalue weighted by atomic mass is 10.3. The van der Waals surface area contributed by atoms with Crippen LogP contribution in [0.1, 0.15) is 9.67 Å². The van der Waals surface area contributed by atoms with Crippen molar-refractivity contribution in [3.63, 3.8) is 0 Å². The molecule has 1 rings (SSSR count). The first-order chi connectivity index (χ1) is 7.09. The van der Waals surface area contributed by atoms with Gasteiger partial charge in [-0.3, -0.25) is 4.79 Å². The third-order valence-electron chi connectivity index (χ3n) is 1.87. The SMILES string of the molecule is CN(C)CCNCC(=O)c1ccc(Cl)s1. The van der Waals surface area contributed by atoms with Crippen molar-refractivity contribution in [3.05, 3.63) is 21.3 Å². The van der Waals surface area contributed by atoms with Crippen LogP contribution in [-0.2, 0) is 0 Å². The van der Waals surface area contributed by atoms with E-state index in [-0.39, 0.29) is 5.78 Å². The highest BCUT2D eigenvalue weighted by Gasteiger charge is 2.07. The Balaban J connectivity index is 2.25. The lowest BCUT2D eigenvalue weighted by molar-refractivity contribution is 0.0994. The van der Waals surface area contributed by atoms with Crippen LogP contribution in [0.5, 0.6) is 0 Å². The van der Waals surface area contributed by atoms with Gasteiger partial charge in [0.25, 0.3) is 0 Å². The van der Waals surface area contributed by atoms with Gasteiger partial charge in [0.15, 0.2) is 5.78 Å². The Hall–Kier alpha value is -0.420. The molecule has 0 amide bonds. The first kappa shape index (κ1) is 12.6. The molecule has 3 nitrogen and oxygen atoms in total. The summed E-state index contributed by atoms with van der Waals surface area (Å²) in [5, 5.41) is 3.10. The number of halogens is 1. The molecule has 0 aliphatic heterocycles. The molecule has 15 heavy (non-hydrogen) atoms. The van der Waals surface area contributed by atoms with Crippen LogP contribution in [0.4, 0.5) is 0 Å². The number of likely N-dealkylation sites (N-methyl/N-ethyl adjacent to an activating group) is 1. The number of nitrogens with one attached hydrogen (secondary N) is 1. The fourth-order valence-corrected chi connectivity index (χ4v) is 2.04. The zero-order valence-corrected chi connectivity index (χ0v) is 10.5. The quantitative estimate of drug-likeness (QED) is 0.613. The Morgan fingerprint density at radius 3 is 2.80 bits per heavy atom. The van der Waals surface area contributed by atoms with E-state index in [4.69, 9.17) is 11.6 Å². The summed E-state index contributed by atoms with van der Waals surface area (Å²) in [7, 11) is 4.01. The van der Waals surface area contributed by atoms with Crippen LogP contribution in [0, 0.1) is 0 Å². The molecular weight excluding hydrogens is 232 g/mol. The van der Waals surface area contributed by atoms with E-state index in [9.17, 15) is 4.79 Å². The summed E-state index contributed by atoms with van der Waals surface area (Å²) < 4.78 is 0.659. The summed E-state index contributed by atoms with van der Waals surface area (Å²) in [5.74, 6) is 0.102. The van der Waals surface area contributed by atoms with E-state index in [0.29, 0.717) is 10.9 Å². The maximum atomic E-state index is 11.6. The van der Waals surface area contributed by atoms with Crippen molar-refractivity contribution in [2.75, 3.05) is 33.7 Å². The second-order valence-electron chi connectivity index (χ2n) is 3.51. The number of carbonyl (C=O) groups is 1. The largest absolute Gasteiger partial charge is 0.308 e. The number of Topliss-reactive ketones (excluding diaryl/α,β-unsaturated/α-hetero) is 1. The molecule has 0 unspecified atom stereocenters. The van der Waals surface area contributed by atoms with E-state index in [2.05, 4.69) is 10.2 Å². The minimum atomic E-state index is 0.102. The summed E-state index contributed by atoms with van der Waals surface area (Å²) >= 11 is 7.07.